The Morgan fingerprint density at radius 1 is 1.26 bits per heavy atom. The molecule has 146 valence electrons. The summed E-state index contributed by atoms with van der Waals surface area (Å²) in [6.45, 7) is 1.25. The molecule has 0 aliphatic carbocycles. The lowest BCUT2D eigenvalue weighted by Crippen LogP contribution is -2.54. The summed E-state index contributed by atoms with van der Waals surface area (Å²) in [4.78, 5) is 40.4. The summed E-state index contributed by atoms with van der Waals surface area (Å²) in [5.41, 5.74) is 1.63. The molecule has 1 aromatic carbocycles. The molecule has 0 spiro atoms. The van der Waals surface area contributed by atoms with Gasteiger partial charge >= 0.3 is 5.97 Å². The largest absolute Gasteiger partial charge is 0.480 e. The van der Waals surface area contributed by atoms with E-state index in [1.165, 1.54) is 7.05 Å². The molecule has 0 aliphatic heterocycles. The van der Waals surface area contributed by atoms with Gasteiger partial charge < -0.3 is 25.4 Å². The van der Waals surface area contributed by atoms with Gasteiger partial charge in [0.2, 0.25) is 11.8 Å². The van der Waals surface area contributed by atoms with Gasteiger partial charge in [0, 0.05) is 37.0 Å². The lowest BCUT2D eigenvalue weighted by atomic mass is 10.0. The lowest BCUT2D eigenvalue weighted by molar-refractivity contribution is -0.145. The molecule has 0 saturated heterocycles. The average molecular weight is 375 g/mol. The van der Waals surface area contributed by atoms with E-state index in [1.807, 2.05) is 31.2 Å². The minimum absolute atomic E-state index is 0.0792. The van der Waals surface area contributed by atoms with Crippen LogP contribution in [0.5, 0.6) is 0 Å². The molecule has 27 heavy (non-hydrogen) atoms. The van der Waals surface area contributed by atoms with Crippen LogP contribution in [0.4, 0.5) is 0 Å². The number of hydrogen-bond acceptors (Lipinski definition) is 4. The molecule has 0 saturated carbocycles. The Kier molecular flexibility index (Phi) is 6.95. The fourth-order valence-corrected chi connectivity index (χ4v) is 2.93. The number of para-hydroxylation sites is 1. The molecule has 2 aromatic rings. The SMILES string of the molecule is CCCC(=O)N(C)C(CO)C(=O)NC(Cc1c[nH]c2ccccc12)C(=O)O. The van der Waals surface area contributed by atoms with Crippen LogP contribution in [0, 0.1) is 0 Å². The third-order valence-corrected chi connectivity index (χ3v) is 4.51. The normalized spacial score (nSPS) is 13.1. The van der Waals surface area contributed by atoms with Crippen LogP contribution in [0.2, 0.25) is 0 Å². The summed E-state index contributed by atoms with van der Waals surface area (Å²) < 4.78 is 0. The zero-order valence-corrected chi connectivity index (χ0v) is 15.4. The van der Waals surface area contributed by atoms with Crippen LogP contribution in [-0.4, -0.2) is 63.6 Å². The summed E-state index contributed by atoms with van der Waals surface area (Å²) in [6.07, 6.45) is 2.66. The standard InChI is InChI=1S/C19H25N3O5/c1-3-6-17(24)22(2)16(11-23)18(25)21-15(19(26)27)9-12-10-20-14-8-5-4-7-13(12)14/h4-5,7-8,10,15-16,20,23H,3,6,9,11H2,1-2H3,(H,21,25)(H,26,27). The number of carboxylic acids is 1. The van der Waals surface area contributed by atoms with Crippen molar-refractivity contribution < 1.29 is 24.6 Å². The molecule has 0 radical (unpaired) electrons. The van der Waals surface area contributed by atoms with Crippen LogP contribution in [0.25, 0.3) is 10.9 Å². The van der Waals surface area contributed by atoms with Gasteiger partial charge in [0.25, 0.3) is 0 Å². The van der Waals surface area contributed by atoms with E-state index in [2.05, 4.69) is 10.3 Å². The average Bonchev–Trinajstić information content (AvgIpc) is 3.05. The van der Waals surface area contributed by atoms with E-state index in [0.717, 1.165) is 21.4 Å². The van der Waals surface area contributed by atoms with Gasteiger partial charge in [-0.15, -0.1) is 0 Å². The second-order valence-electron chi connectivity index (χ2n) is 6.42. The van der Waals surface area contributed by atoms with Crippen molar-refractivity contribution in [3.05, 3.63) is 36.0 Å². The molecule has 8 heteroatoms. The van der Waals surface area contributed by atoms with Gasteiger partial charge in [0.15, 0.2) is 0 Å². The Labute approximate surface area is 157 Å². The summed E-state index contributed by atoms with van der Waals surface area (Å²) in [6, 6.07) is 5.16. The molecule has 2 rings (SSSR count). The highest BCUT2D eigenvalue weighted by Gasteiger charge is 2.30. The van der Waals surface area contributed by atoms with Gasteiger partial charge in [-0.2, -0.15) is 0 Å². The Morgan fingerprint density at radius 3 is 2.59 bits per heavy atom. The molecular formula is C19H25N3O5. The van der Waals surface area contributed by atoms with Crippen molar-refractivity contribution in [2.24, 2.45) is 0 Å². The zero-order chi connectivity index (χ0) is 20.0. The number of nitrogens with one attached hydrogen (secondary N) is 2. The minimum atomic E-state index is -1.19. The summed E-state index contributed by atoms with van der Waals surface area (Å²) in [5, 5.41) is 22.4. The summed E-state index contributed by atoms with van der Waals surface area (Å²) in [5.74, 6) is -2.17. The second kappa shape index (κ2) is 9.18. The monoisotopic (exact) mass is 375 g/mol. The van der Waals surface area contributed by atoms with Crippen molar-refractivity contribution in [2.75, 3.05) is 13.7 Å². The van der Waals surface area contributed by atoms with Crippen molar-refractivity contribution in [3.63, 3.8) is 0 Å². The first kappa shape index (κ1) is 20.4. The Morgan fingerprint density at radius 2 is 1.96 bits per heavy atom. The predicted molar refractivity (Wildman–Crippen MR) is 100 cm³/mol. The quantitative estimate of drug-likeness (QED) is 0.519. The van der Waals surface area contributed by atoms with Gasteiger partial charge in [-0.3, -0.25) is 9.59 Å². The van der Waals surface area contributed by atoms with Crippen LogP contribution in [0.1, 0.15) is 25.3 Å². The number of carboxylic acid groups (broad SMARTS) is 1. The number of aliphatic carboxylic acids is 1. The number of likely N-dealkylation sites (N-methyl/N-ethyl adjacent to an activating group) is 1. The van der Waals surface area contributed by atoms with Crippen molar-refractivity contribution in [3.8, 4) is 0 Å². The van der Waals surface area contributed by atoms with Gasteiger partial charge in [0.1, 0.15) is 12.1 Å². The Balaban J connectivity index is 2.13. The van der Waals surface area contributed by atoms with Crippen LogP contribution in [0.15, 0.2) is 30.5 Å². The number of nitrogens with zero attached hydrogens (tertiary/aromatic N) is 1. The van der Waals surface area contributed by atoms with Gasteiger partial charge in [-0.25, -0.2) is 4.79 Å². The molecule has 0 fully saturated rings. The van der Waals surface area contributed by atoms with Crippen molar-refractivity contribution in [1.29, 1.82) is 0 Å². The molecule has 2 amide bonds. The fourth-order valence-electron chi connectivity index (χ4n) is 2.93. The van der Waals surface area contributed by atoms with E-state index in [-0.39, 0.29) is 18.7 Å². The lowest BCUT2D eigenvalue weighted by Gasteiger charge is -2.27. The summed E-state index contributed by atoms with van der Waals surface area (Å²) in [7, 11) is 1.42. The number of hydrogen-bond donors (Lipinski definition) is 4. The third-order valence-electron chi connectivity index (χ3n) is 4.51. The van der Waals surface area contributed by atoms with E-state index in [4.69, 9.17) is 0 Å². The first-order valence-corrected chi connectivity index (χ1v) is 8.83. The number of amides is 2. The van der Waals surface area contributed by atoms with E-state index < -0.39 is 30.6 Å². The number of aromatic nitrogens is 1. The van der Waals surface area contributed by atoms with E-state index >= 15 is 0 Å². The molecule has 2 unspecified atom stereocenters. The smallest absolute Gasteiger partial charge is 0.326 e. The zero-order valence-electron chi connectivity index (χ0n) is 15.4. The van der Waals surface area contributed by atoms with Gasteiger partial charge in [-0.05, 0) is 18.1 Å². The number of H-pyrrole nitrogens is 1. The third kappa shape index (κ3) is 4.85. The van der Waals surface area contributed by atoms with Crippen LogP contribution in [0.3, 0.4) is 0 Å². The molecule has 4 N–H and O–H groups in total. The highest BCUT2D eigenvalue weighted by Crippen LogP contribution is 2.19. The minimum Gasteiger partial charge on any atom is -0.480 e. The van der Waals surface area contributed by atoms with E-state index in [9.17, 15) is 24.6 Å². The first-order chi connectivity index (χ1) is 12.9. The highest BCUT2D eigenvalue weighted by molar-refractivity contribution is 5.91. The van der Waals surface area contributed by atoms with Crippen LogP contribution < -0.4 is 5.32 Å². The molecule has 1 aromatic heterocycles. The number of carbonyl (C=O) groups excluding carboxylic acids is 2. The number of carbonyl (C=O) groups is 3. The molecular weight excluding hydrogens is 350 g/mol. The van der Waals surface area contributed by atoms with Gasteiger partial charge in [0.05, 0.1) is 6.61 Å². The maximum atomic E-state index is 12.5. The number of aliphatic hydroxyl groups is 1. The van der Waals surface area contributed by atoms with Gasteiger partial charge in [-0.1, -0.05) is 25.1 Å². The van der Waals surface area contributed by atoms with E-state index in [1.54, 1.807) is 6.20 Å². The van der Waals surface area contributed by atoms with Crippen molar-refractivity contribution in [2.45, 2.75) is 38.3 Å². The highest BCUT2D eigenvalue weighted by atomic mass is 16.4. The maximum absolute atomic E-state index is 12.5. The van der Waals surface area contributed by atoms with Crippen molar-refractivity contribution in [1.82, 2.24) is 15.2 Å². The first-order valence-electron chi connectivity index (χ1n) is 8.83. The number of aromatic amines is 1. The van der Waals surface area contributed by atoms with E-state index in [0.29, 0.717) is 6.42 Å². The molecule has 1 heterocycles. The number of rotatable bonds is 9. The molecule has 8 nitrogen and oxygen atoms in total. The molecule has 2 atom stereocenters. The summed E-state index contributed by atoms with van der Waals surface area (Å²) >= 11 is 0. The Bertz CT molecular complexity index is 817. The predicted octanol–water partition coefficient (Wildman–Crippen LogP) is 0.899. The molecule has 0 bridgehead atoms. The maximum Gasteiger partial charge on any atom is 0.326 e. The number of aliphatic hydroxyl groups excluding tert-OH is 1. The van der Waals surface area contributed by atoms with Crippen LogP contribution in [-0.2, 0) is 20.8 Å². The second-order valence-corrected chi connectivity index (χ2v) is 6.42. The number of fused-ring (bicyclic) bond motifs is 1. The topological polar surface area (TPSA) is 123 Å². The van der Waals surface area contributed by atoms with Crippen molar-refractivity contribution >= 4 is 28.7 Å². The molecule has 0 aliphatic rings. The Hall–Kier alpha value is -2.87. The number of benzene rings is 1. The van der Waals surface area contributed by atoms with Crippen LogP contribution >= 0.6 is 0 Å². The fraction of sp³-hybridized carbons (Fsp3) is 0.421.